The van der Waals surface area contributed by atoms with Crippen LogP contribution < -0.4 is 15.8 Å². The molecule has 1 fully saturated rings. The second kappa shape index (κ2) is 6.69. The second-order valence-corrected chi connectivity index (χ2v) is 5.95. The van der Waals surface area contributed by atoms with E-state index in [1.807, 2.05) is 18.2 Å². The van der Waals surface area contributed by atoms with Crippen molar-refractivity contribution in [3.8, 4) is 0 Å². The minimum absolute atomic E-state index is 0.114. The largest absolute Gasteiger partial charge is 0.371 e. The number of carbonyl (C=O) groups excluding carboxylic acids is 1. The van der Waals surface area contributed by atoms with Crippen molar-refractivity contribution in [2.24, 2.45) is 0 Å². The van der Waals surface area contributed by atoms with E-state index >= 15 is 0 Å². The number of aromatic amines is 1. The van der Waals surface area contributed by atoms with Gasteiger partial charge in [0.1, 0.15) is 5.56 Å². The predicted molar refractivity (Wildman–Crippen MR) is 90.9 cm³/mol. The molecule has 120 valence electrons. The third-order valence-electron chi connectivity index (χ3n) is 4.25. The third-order valence-corrected chi connectivity index (χ3v) is 4.25. The molecule has 0 aliphatic carbocycles. The normalized spacial score (nSPS) is 15.4. The Bertz CT molecular complexity index is 731. The number of hydrogen-bond donors (Lipinski definition) is 2. The van der Waals surface area contributed by atoms with Gasteiger partial charge in [-0.25, -0.2) is 0 Å². The van der Waals surface area contributed by atoms with Crippen LogP contribution in [0, 0.1) is 6.92 Å². The molecule has 5 heteroatoms. The summed E-state index contributed by atoms with van der Waals surface area (Å²) in [7, 11) is 0. The standard InChI is InChI=1S/C18H21N3O2/c1-13-7-8-16(17(22)19-13)18(23)20-14-9-11-21(12-10-14)15-5-3-2-4-6-15/h2-8,14H,9-12H2,1H3,(H,19,22)(H,20,23). The lowest BCUT2D eigenvalue weighted by atomic mass is 10.0. The lowest BCUT2D eigenvalue weighted by molar-refractivity contribution is 0.0929. The highest BCUT2D eigenvalue weighted by Gasteiger charge is 2.22. The fraction of sp³-hybridized carbons (Fsp3) is 0.333. The number of piperidine rings is 1. The Hall–Kier alpha value is -2.56. The highest BCUT2D eigenvalue weighted by Crippen LogP contribution is 2.19. The molecule has 0 saturated carbocycles. The Morgan fingerprint density at radius 3 is 2.48 bits per heavy atom. The SMILES string of the molecule is Cc1ccc(C(=O)NC2CCN(c3ccccc3)CC2)c(=O)[nH]1. The summed E-state index contributed by atoms with van der Waals surface area (Å²) < 4.78 is 0. The number of amides is 1. The van der Waals surface area contributed by atoms with Gasteiger partial charge in [-0.1, -0.05) is 18.2 Å². The van der Waals surface area contributed by atoms with Crippen molar-refractivity contribution in [2.45, 2.75) is 25.8 Å². The number of anilines is 1. The highest BCUT2D eigenvalue weighted by atomic mass is 16.2. The van der Waals surface area contributed by atoms with Gasteiger partial charge in [0.2, 0.25) is 0 Å². The number of pyridine rings is 1. The molecule has 3 rings (SSSR count). The number of nitrogens with zero attached hydrogens (tertiary/aromatic N) is 1. The Balaban J connectivity index is 1.58. The van der Waals surface area contributed by atoms with Gasteiger partial charge in [-0.05, 0) is 44.0 Å². The van der Waals surface area contributed by atoms with Gasteiger partial charge in [0.25, 0.3) is 11.5 Å². The first-order valence-electron chi connectivity index (χ1n) is 7.94. The summed E-state index contributed by atoms with van der Waals surface area (Å²) in [5.41, 5.74) is 1.82. The van der Waals surface area contributed by atoms with Gasteiger partial charge in [-0.15, -0.1) is 0 Å². The topological polar surface area (TPSA) is 65.2 Å². The highest BCUT2D eigenvalue weighted by molar-refractivity contribution is 5.94. The van der Waals surface area contributed by atoms with Crippen molar-refractivity contribution in [3.05, 3.63) is 64.1 Å². The molecule has 1 aromatic carbocycles. The van der Waals surface area contributed by atoms with Crippen molar-refractivity contribution in [1.29, 1.82) is 0 Å². The molecule has 23 heavy (non-hydrogen) atoms. The molecular formula is C18H21N3O2. The molecule has 0 atom stereocenters. The monoisotopic (exact) mass is 311 g/mol. The van der Waals surface area contributed by atoms with E-state index < -0.39 is 0 Å². The lowest BCUT2D eigenvalue weighted by Crippen LogP contribution is -2.45. The molecule has 2 heterocycles. The number of rotatable bonds is 3. The van der Waals surface area contributed by atoms with Crippen LogP contribution >= 0.6 is 0 Å². The average Bonchev–Trinajstić information content (AvgIpc) is 2.56. The summed E-state index contributed by atoms with van der Waals surface area (Å²) in [6.45, 7) is 3.60. The van der Waals surface area contributed by atoms with Crippen LogP contribution in [0.15, 0.2) is 47.3 Å². The molecule has 1 saturated heterocycles. The number of nitrogens with one attached hydrogen (secondary N) is 2. The Morgan fingerprint density at radius 2 is 1.83 bits per heavy atom. The maximum absolute atomic E-state index is 12.3. The Kier molecular flexibility index (Phi) is 4.46. The van der Waals surface area contributed by atoms with E-state index in [2.05, 4.69) is 27.3 Å². The van der Waals surface area contributed by atoms with Crippen LogP contribution in [-0.2, 0) is 0 Å². The molecule has 1 amide bonds. The lowest BCUT2D eigenvalue weighted by Gasteiger charge is -2.33. The maximum Gasteiger partial charge on any atom is 0.260 e. The van der Waals surface area contributed by atoms with Gasteiger partial charge in [0.15, 0.2) is 0 Å². The van der Waals surface area contributed by atoms with Crippen LogP contribution in [0.4, 0.5) is 5.69 Å². The van der Waals surface area contributed by atoms with Crippen molar-refractivity contribution >= 4 is 11.6 Å². The van der Waals surface area contributed by atoms with E-state index in [0.717, 1.165) is 31.6 Å². The van der Waals surface area contributed by atoms with Gasteiger partial charge in [0.05, 0.1) is 0 Å². The molecule has 0 radical (unpaired) electrons. The van der Waals surface area contributed by atoms with Crippen LogP contribution in [0.5, 0.6) is 0 Å². The van der Waals surface area contributed by atoms with E-state index in [4.69, 9.17) is 0 Å². The maximum atomic E-state index is 12.3. The first-order valence-corrected chi connectivity index (χ1v) is 7.94. The second-order valence-electron chi connectivity index (χ2n) is 5.95. The van der Waals surface area contributed by atoms with E-state index in [1.165, 1.54) is 5.69 Å². The number of para-hydroxylation sites is 1. The first-order chi connectivity index (χ1) is 11.1. The zero-order valence-corrected chi connectivity index (χ0v) is 13.2. The van der Waals surface area contributed by atoms with E-state index in [-0.39, 0.29) is 23.1 Å². The van der Waals surface area contributed by atoms with Crippen molar-refractivity contribution in [2.75, 3.05) is 18.0 Å². The Morgan fingerprint density at radius 1 is 1.13 bits per heavy atom. The van der Waals surface area contributed by atoms with Gasteiger partial charge in [0, 0.05) is 30.5 Å². The molecule has 2 N–H and O–H groups in total. The fourth-order valence-corrected chi connectivity index (χ4v) is 2.93. The minimum Gasteiger partial charge on any atom is -0.371 e. The van der Waals surface area contributed by atoms with E-state index in [0.29, 0.717) is 0 Å². The smallest absolute Gasteiger partial charge is 0.260 e. The summed E-state index contributed by atoms with van der Waals surface area (Å²) in [4.78, 5) is 29.1. The van der Waals surface area contributed by atoms with Gasteiger partial charge in [-0.3, -0.25) is 9.59 Å². The molecule has 0 unspecified atom stereocenters. The van der Waals surface area contributed by atoms with E-state index in [1.54, 1.807) is 19.1 Å². The summed E-state index contributed by atoms with van der Waals surface area (Å²) in [6, 6.07) is 13.7. The van der Waals surface area contributed by atoms with Crippen LogP contribution in [0.1, 0.15) is 28.9 Å². The number of hydrogen-bond acceptors (Lipinski definition) is 3. The molecule has 2 aromatic rings. The molecule has 0 spiro atoms. The number of benzene rings is 1. The average molecular weight is 311 g/mol. The molecule has 1 aliphatic heterocycles. The predicted octanol–water partition coefficient (Wildman–Crippen LogP) is 2.08. The fourth-order valence-electron chi connectivity index (χ4n) is 2.93. The minimum atomic E-state index is -0.329. The van der Waals surface area contributed by atoms with Crippen LogP contribution in [0.3, 0.4) is 0 Å². The number of carbonyl (C=O) groups is 1. The van der Waals surface area contributed by atoms with Crippen LogP contribution in [0.2, 0.25) is 0 Å². The van der Waals surface area contributed by atoms with Gasteiger partial charge in [-0.2, -0.15) is 0 Å². The molecule has 0 bridgehead atoms. The third kappa shape index (κ3) is 3.62. The van der Waals surface area contributed by atoms with Gasteiger partial charge < -0.3 is 15.2 Å². The first kappa shape index (κ1) is 15.3. The van der Waals surface area contributed by atoms with Gasteiger partial charge >= 0.3 is 0 Å². The molecule has 5 nitrogen and oxygen atoms in total. The summed E-state index contributed by atoms with van der Waals surface area (Å²) in [5, 5.41) is 2.98. The Labute approximate surface area is 135 Å². The van der Waals surface area contributed by atoms with Crippen LogP contribution in [0.25, 0.3) is 0 Å². The summed E-state index contributed by atoms with van der Waals surface area (Å²) in [5.74, 6) is -0.288. The summed E-state index contributed by atoms with van der Waals surface area (Å²) in [6.07, 6.45) is 1.76. The summed E-state index contributed by atoms with van der Waals surface area (Å²) >= 11 is 0. The zero-order chi connectivity index (χ0) is 16.2. The van der Waals surface area contributed by atoms with Crippen molar-refractivity contribution in [3.63, 3.8) is 0 Å². The molecule has 1 aromatic heterocycles. The van der Waals surface area contributed by atoms with Crippen molar-refractivity contribution in [1.82, 2.24) is 10.3 Å². The number of aryl methyl sites for hydroxylation is 1. The quantitative estimate of drug-likeness (QED) is 0.912. The number of aromatic nitrogens is 1. The number of H-pyrrole nitrogens is 1. The zero-order valence-electron chi connectivity index (χ0n) is 13.2. The molecule has 1 aliphatic rings. The van der Waals surface area contributed by atoms with Crippen molar-refractivity contribution < 1.29 is 4.79 Å². The van der Waals surface area contributed by atoms with Crippen LogP contribution in [-0.4, -0.2) is 30.0 Å². The molecular weight excluding hydrogens is 290 g/mol. The van der Waals surface area contributed by atoms with E-state index in [9.17, 15) is 9.59 Å².